The molecule has 5 nitrogen and oxygen atoms in total. The predicted octanol–water partition coefficient (Wildman–Crippen LogP) is 6.85. The average Bonchev–Trinajstić information content (AvgIpc) is 2.54. The molecular formula is C22H51NO4Si4. The van der Waals surface area contributed by atoms with Crippen molar-refractivity contribution >= 4 is 39.7 Å². The van der Waals surface area contributed by atoms with Gasteiger partial charge in [0.15, 0.2) is 25.0 Å². The van der Waals surface area contributed by atoms with E-state index in [1.54, 1.807) is 0 Å². The van der Waals surface area contributed by atoms with Crippen LogP contribution in [-0.2, 0) is 17.1 Å². The number of amides is 1. The fourth-order valence-electron chi connectivity index (χ4n) is 3.47. The average molecular weight is 506 g/mol. The summed E-state index contributed by atoms with van der Waals surface area (Å²) in [5.74, 6) is 0.0195. The van der Waals surface area contributed by atoms with E-state index >= 15 is 0 Å². The molecule has 0 aliphatic rings. The maximum atomic E-state index is 12.4. The molecule has 0 aromatic heterocycles. The quantitative estimate of drug-likeness (QED) is 0.123. The van der Waals surface area contributed by atoms with E-state index in [-0.39, 0.29) is 5.91 Å². The van der Waals surface area contributed by atoms with E-state index in [4.69, 9.17) is 12.3 Å². The largest absolute Gasteiger partial charge is 0.469 e. The van der Waals surface area contributed by atoms with E-state index in [9.17, 15) is 4.79 Å². The number of hydrogen-bond acceptors (Lipinski definition) is 4. The predicted molar refractivity (Wildman–Crippen MR) is 144 cm³/mol. The van der Waals surface area contributed by atoms with Crippen molar-refractivity contribution in [3.63, 3.8) is 0 Å². The molecule has 0 aromatic rings. The van der Waals surface area contributed by atoms with Crippen molar-refractivity contribution in [2.75, 3.05) is 13.1 Å². The maximum Gasteiger partial charge on any atom is 0.469 e. The van der Waals surface area contributed by atoms with E-state index in [0.29, 0.717) is 6.54 Å². The van der Waals surface area contributed by atoms with Gasteiger partial charge in [-0.05, 0) is 77.8 Å². The first-order valence-corrected chi connectivity index (χ1v) is 24.2. The summed E-state index contributed by atoms with van der Waals surface area (Å²) in [7, 11) is -8.46. The highest BCUT2D eigenvalue weighted by Gasteiger charge is 2.49. The van der Waals surface area contributed by atoms with Crippen LogP contribution in [-0.4, -0.2) is 57.7 Å². The zero-order chi connectivity index (χ0) is 24.3. The van der Waals surface area contributed by atoms with Gasteiger partial charge in [-0.15, -0.1) is 0 Å². The molecule has 0 unspecified atom stereocenters. The van der Waals surface area contributed by atoms with Gasteiger partial charge in [-0.25, -0.2) is 0 Å². The van der Waals surface area contributed by atoms with Gasteiger partial charge >= 0.3 is 8.80 Å². The van der Waals surface area contributed by atoms with Gasteiger partial charge in [0.1, 0.15) is 0 Å². The summed E-state index contributed by atoms with van der Waals surface area (Å²) in [6.07, 6.45) is 8.22. The Kier molecular flexibility index (Phi) is 13.6. The Labute approximate surface area is 197 Å². The summed E-state index contributed by atoms with van der Waals surface area (Å²) in [5.41, 5.74) is 0. The van der Waals surface area contributed by atoms with E-state index < -0.39 is 33.8 Å². The molecule has 1 amide bonds. The van der Waals surface area contributed by atoms with Crippen LogP contribution >= 0.6 is 0 Å². The zero-order valence-corrected chi connectivity index (χ0v) is 26.2. The number of unbranched alkanes of at least 4 members (excludes halogenated alkanes) is 4. The molecule has 0 radical (unpaired) electrons. The second-order valence-electron chi connectivity index (χ2n) is 11.4. The lowest BCUT2D eigenvalue weighted by molar-refractivity contribution is -0.126. The van der Waals surface area contributed by atoms with E-state index in [0.717, 1.165) is 25.4 Å². The third-order valence-electron chi connectivity index (χ3n) is 4.31. The first kappa shape index (κ1) is 31.0. The highest BCUT2D eigenvalue weighted by atomic mass is 28.5. The standard InChI is InChI=1S/C22H51NO4Si4/c1-12-14-15-16-17-19-23(22(24)13-2)20-18-21-31(25-28(3,4)5,26-29(6,7)8)27-30(9,10)11/h13H,2,12,14-21H2,1,3-11H3. The van der Waals surface area contributed by atoms with Gasteiger partial charge in [0.25, 0.3) is 0 Å². The first-order chi connectivity index (χ1) is 14.0. The molecule has 0 saturated heterocycles. The Morgan fingerprint density at radius 1 is 0.742 bits per heavy atom. The second-order valence-corrected chi connectivity index (χ2v) is 28.4. The van der Waals surface area contributed by atoms with Crippen molar-refractivity contribution < 1.29 is 17.1 Å². The van der Waals surface area contributed by atoms with Gasteiger partial charge in [-0.3, -0.25) is 4.79 Å². The van der Waals surface area contributed by atoms with Crippen LogP contribution in [0.2, 0.25) is 65.0 Å². The summed E-state index contributed by atoms with van der Waals surface area (Å²) in [6.45, 7) is 27.3. The monoisotopic (exact) mass is 505 g/mol. The molecular weight excluding hydrogens is 455 g/mol. The minimum atomic E-state index is -2.84. The van der Waals surface area contributed by atoms with Crippen molar-refractivity contribution in [3.8, 4) is 0 Å². The number of carbonyl (C=O) groups excluding carboxylic acids is 1. The minimum Gasteiger partial charge on any atom is -0.417 e. The molecule has 0 bridgehead atoms. The molecule has 0 heterocycles. The molecule has 0 fully saturated rings. The van der Waals surface area contributed by atoms with Crippen LogP contribution in [0.25, 0.3) is 0 Å². The van der Waals surface area contributed by atoms with Crippen LogP contribution in [0.1, 0.15) is 45.4 Å². The molecule has 0 rings (SSSR count). The van der Waals surface area contributed by atoms with Crippen LogP contribution in [0, 0.1) is 0 Å². The Morgan fingerprint density at radius 3 is 1.55 bits per heavy atom. The van der Waals surface area contributed by atoms with Crippen molar-refractivity contribution in [1.82, 2.24) is 4.90 Å². The Bertz CT molecular complexity index is 498. The fourth-order valence-corrected chi connectivity index (χ4v) is 18.1. The first-order valence-electron chi connectivity index (χ1n) is 12.0. The number of nitrogens with zero attached hydrogens (tertiary/aromatic N) is 1. The lowest BCUT2D eigenvalue weighted by atomic mass is 10.1. The smallest absolute Gasteiger partial charge is 0.417 e. The van der Waals surface area contributed by atoms with E-state index in [1.807, 2.05) is 4.90 Å². The molecule has 0 N–H and O–H groups in total. The lowest BCUT2D eigenvalue weighted by Crippen LogP contribution is -2.60. The third-order valence-corrected chi connectivity index (χ3v) is 16.4. The van der Waals surface area contributed by atoms with Crippen LogP contribution in [0.5, 0.6) is 0 Å². The summed E-state index contributed by atoms with van der Waals surface area (Å²) in [6, 6.07) is 0.766. The molecule has 0 saturated carbocycles. The summed E-state index contributed by atoms with van der Waals surface area (Å²) in [5, 5.41) is 0. The maximum absolute atomic E-state index is 12.4. The molecule has 0 spiro atoms. The third kappa shape index (κ3) is 16.3. The molecule has 31 heavy (non-hydrogen) atoms. The van der Waals surface area contributed by atoms with Gasteiger partial charge < -0.3 is 17.2 Å². The van der Waals surface area contributed by atoms with Crippen molar-refractivity contribution in [1.29, 1.82) is 0 Å². The van der Waals surface area contributed by atoms with Gasteiger partial charge in [0, 0.05) is 19.1 Å². The van der Waals surface area contributed by atoms with E-state index in [2.05, 4.69) is 72.4 Å². The molecule has 9 heteroatoms. The van der Waals surface area contributed by atoms with Crippen LogP contribution in [0.4, 0.5) is 0 Å². The summed E-state index contributed by atoms with van der Waals surface area (Å²) < 4.78 is 20.3. The van der Waals surface area contributed by atoms with Crippen molar-refractivity contribution in [3.05, 3.63) is 12.7 Å². The Balaban J connectivity index is 5.36. The Hall–Kier alpha value is -0.0425. The normalized spacial score (nSPS) is 13.4. The highest BCUT2D eigenvalue weighted by molar-refractivity contribution is 6.90. The van der Waals surface area contributed by atoms with Crippen LogP contribution < -0.4 is 0 Å². The SMILES string of the molecule is C=CC(=O)N(CCCCCCC)CCC[Si](O[Si](C)(C)C)(O[Si](C)(C)C)O[Si](C)(C)C. The number of carbonyl (C=O) groups is 1. The molecule has 184 valence electrons. The van der Waals surface area contributed by atoms with Gasteiger partial charge in [0.2, 0.25) is 5.91 Å². The Morgan fingerprint density at radius 2 is 1.16 bits per heavy atom. The lowest BCUT2D eigenvalue weighted by Gasteiger charge is -2.43. The summed E-state index contributed by atoms with van der Waals surface area (Å²) >= 11 is 0. The molecule has 0 aliphatic carbocycles. The molecule has 0 aliphatic heterocycles. The van der Waals surface area contributed by atoms with Crippen molar-refractivity contribution in [2.45, 2.75) is 110 Å². The van der Waals surface area contributed by atoms with Crippen molar-refractivity contribution in [2.24, 2.45) is 0 Å². The van der Waals surface area contributed by atoms with Gasteiger partial charge in [-0.2, -0.15) is 0 Å². The van der Waals surface area contributed by atoms with E-state index in [1.165, 1.54) is 31.8 Å². The van der Waals surface area contributed by atoms with Crippen LogP contribution in [0.3, 0.4) is 0 Å². The number of rotatable bonds is 17. The minimum absolute atomic E-state index is 0.0195. The molecule has 0 aromatic carbocycles. The van der Waals surface area contributed by atoms with Crippen LogP contribution in [0.15, 0.2) is 12.7 Å². The zero-order valence-electron chi connectivity index (χ0n) is 22.2. The number of hydrogen-bond donors (Lipinski definition) is 0. The molecule has 0 atom stereocenters. The second kappa shape index (κ2) is 13.6. The van der Waals surface area contributed by atoms with Gasteiger partial charge in [0.05, 0.1) is 0 Å². The summed E-state index contributed by atoms with van der Waals surface area (Å²) in [4.78, 5) is 14.4. The van der Waals surface area contributed by atoms with Gasteiger partial charge in [-0.1, -0.05) is 39.2 Å². The highest BCUT2D eigenvalue weighted by Crippen LogP contribution is 2.30. The topological polar surface area (TPSA) is 48.0 Å². The fraction of sp³-hybridized carbons (Fsp3) is 0.864.